The van der Waals surface area contributed by atoms with Crippen molar-refractivity contribution in [2.24, 2.45) is 10.9 Å². The summed E-state index contributed by atoms with van der Waals surface area (Å²) in [5, 5.41) is 14.4. The highest BCUT2D eigenvalue weighted by atomic mass is 32.2. The molecular weight excluding hydrogens is 336 g/mol. The van der Waals surface area contributed by atoms with Gasteiger partial charge in [-0.15, -0.1) is 0 Å². The third-order valence-corrected chi connectivity index (χ3v) is 4.90. The van der Waals surface area contributed by atoms with Crippen LogP contribution in [0.5, 0.6) is 0 Å². The molecule has 0 bridgehead atoms. The van der Waals surface area contributed by atoms with Gasteiger partial charge >= 0.3 is 0 Å². The van der Waals surface area contributed by atoms with Crippen molar-refractivity contribution >= 4 is 33.7 Å². The molecule has 0 unspecified atom stereocenters. The Morgan fingerprint density at radius 2 is 1.78 bits per heavy atom. The van der Waals surface area contributed by atoms with E-state index >= 15 is 0 Å². The Morgan fingerprint density at radius 3 is 2.35 bits per heavy atom. The van der Waals surface area contributed by atoms with Crippen LogP contribution < -0.4 is 16.2 Å². The van der Waals surface area contributed by atoms with Crippen LogP contribution in [0.25, 0.3) is 0 Å². The van der Waals surface area contributed by atoms with Crippen molar-refractivity contribution < 1.29 is 13.2 Å². The molecule has 0 saturated carbocycles. The monoisotopic (exact) mass is 350 g/mol. The average Bonchev–Trinajstić information content (AvgIpc) is 2.46. The average molecular weight is 350 g/mol. The van der Waals surface area contributed by atoms with Crippen LogP contribution in [0.4, 0.5) is 0 Å². The molecule has 0 fully saturated rings. The van der Waals surface area contributed by atoms with Gasteiger partial charge in [0.05, 0.1) is 4.90 Å². The number of hydrogen-bond acceptors (Lipinski definition) is 5. The van der Waals surface area contributed by atoms with E-state index in [1.165, 1.54) is 30.0 Å². The molecule has 2 aromatic carbocycles. The zero-order chi connectivity index (χ0) is 17.0. The van der Waals surface area contributed by atoms with Crippen molar-refractivity contribution in [1.29, 1.82) is 5.41 Å². The van der Waals surface area contributed by atoms with Gasteiger partial charge in [0.25, 0.3) is 5.91 Å². The number of sulfonamides is 1. The van der Waals surface area contributed by atoms with Crippen LogP contribution in [0, 0.1) is 5.41 Å². The van der Waals surface area contributed by atoms with E-state index < -0.39 is 21.9 Å². The van der Waals surface area contributed by atoms with Crippen molar-refractivity contribution in [3.8, 4) is 0 Å². The maximum Gasteiger partial charge on any atom is 0.257 e. The Balaban J connectivity index is 2.44. The van der Waals surface area contributed by atoms with E-state index in [4.69, 9.17) is 16.3 Å². The topological polar surface area (TPSA) is 139 Å². The number of rotatable bonds is 4. The number of nitrogens with two attached hydrogens (primary N) is 2. The maximum absolute atomic E-state index is 11.8. The number of hydrogen-bond donors (Lipinski definition) is 4. The van der Waals surface area contributed by atoms with E-state index in [0.717, 1.165) is 4.90 Å². The van der Waals surface area contributed by atoms with E-state index in [2.05, 4.69) is 5.32 Å². The van der Waals surface area contributed by atoms with Crippen LogP contribution >= 0.6 is 11.8 Å². The summed E-state index contributed by atoms with van der Waals surface area (Å²) in [5.74, 6) is -1.21. The molecule has 0 saturated heterocycles. The fraction of sp³-hybridized carbons (Fsp3) is 0. The second-order valence-electron chi connectivity index (χ2n) is 4.49. The number of carbonyl (C=O) groups is 1. The fourth-order valence-electron chi connectivity index (χ4n) is 1.77. The zero-order valence-electron chi connectivity index (χ0n) is 11.8. The fourth-order valence-corrected chi connectivity index (χ4v) is 3.72. The molecule has 0 radical (unpaired) electrons. The summed E-state index contributed by atoms with van der Waals surface area (Å²) in [6.45, 7) is 0. The van der Waals surface area contributed by atoms with Crippen molar-refractivity contribution in [2.45, 2.75) is 14.7 Å². The van der Waals surface area contributed by atoms with Crippen molar-refractivity contribution in [3.63, 3.8) is 0 Å². The number of guanidine groups is 1. The van der Waals surface area contributed by atoms with Gasteiger partial charge in [-0.2, -0.15) is 0 Å². The van der Waals surface area contributed by atoms with Gasteiger partial charge in [0.15, 0.2) is 5.96 Å². The van der Waals surface area contributed by atoms with Crippen LogP contribution in [-0.2, 0) is 10.0 Å². The van der Waals surface area contributed by atoms with Crippen molar-refractivity contribution in [2.75, 3.05) is 0 Å². The SMILES string of the molecule is N=C(N)NC(=O)c1ccc(Sc2ccccc2)c(S(N)(=O)=O)c1. The van der Waals surface area contributed by atoms with Crippen molar-refractivity contribution in [3.05, 3.63) is 54.1 Å². The standard InChI is InChI=1S/C14H14N4O3S2/c15-14(16)18-13(19)9-6-7-11(12(8-9)23(17,20)21)22-10-4-2-1-3-5-10/h1-8H,(H2,17,20,21)(H4,15,16,18,19). The summed E-state index contributed by atoms with van der Waals surface area (Å²) in [6.07, 6.45) is 0. The summed E-state index contributed by atoms with van der Waals surface area (Å²) >= 11 is 1.22. The minimum absolute atomic E-state index is 0.0432. The molecule has 0 spiro atoms. The summed E-state index contributed by atoms with van der Waals surface area (Å²) in [4.78, 5) is 12.9. The van der Waals surface area contributed by atoms with Gasteiger partial charge in [0.2, 0.25) is 10.0 Å². The highest BCUT2D eigenvalue weighted by molar-refractivity contribution is 8.00. The van der Waals surface area contributed by atoms with Crippen LogP contribution in [-0.4, -0.2) is 20.3 Å². The number of nitrogens with one attached hydrogen (secondary N) is 2. The molecular formula is C14H14N4O3S2. The van der Waals surface area contributed by atoms with E-state index in [1.807, 2.05) is 30.3 Å². The molecule has 0 aliphatic rings. The minimum Gasteiger partial charge on any atom is -0.370 e. The molecule has 9 heteroatoms. The molecule has 7 nitrogen and oxygen atoms in total. The molecule has 1 amide bonds. The molecule has 0 heterocycles. The first-order valence-electron chi connectivity index (χ1n) is 6.32. The molecule has 0 atom stereocenters. The lowest BCUT2D eigenvalue weighted by Gasteiger charge is -2.10. The van der Waals surface area contributed by atoms with Crippen LogP contribution in [0.3, 0.4) is 0 Å². The van der Waals surface area contributed by atoms with E-state index in [9.17, 15) is 13.2 Å². The Bertz CT molecular complexity index is 852. The lowest BCUT2D eigenvalue weighted by atomic mass is 10.2. The first kappa shape index (κ1) is 17.0. The second-order valence-corrected chi connectivity index (χ2v) is 7.13. The lowest BCUT2D eigenvalue weighted by Crippen LogP contribution is -2.35. The third kappa shape index (κ3) is 4.55. The molecule has 120 valence electrons. The quantitative estimate of drug-likeness (QED) is 0.483. The van der Waals surface area contributed by atoms with Gasteiger partial charge in [-0.1, -0.05) is 30.0 Å². The Morgan fingerprint density at radius 1 is 1.13 bits per heavy atom. The molecule has 0 aromatic heterocycles. The molecule has 23 heavy (non-hydrogen) atoms. The van der Waals surface area contributed by atoms with Gasteiger partial charge in [0.1, 0.15) is 0 Å². The summed E-state index contributed by atoms with van der Waals surface area (Å²) in [7, 11) is -4.02. The summed E-state index contributed by atoms with van der Waals surface area (Å²) < 4.78 is 23.6. The maximum atomic E-state index is 11.8. The Labute approximate surface area is 137 Å². The highest BCUT2D eigenvalue weighted by Gasteiger charge is 2.18. The van der Waals surface area contributed by atoms with Gasteiger partial charge in [-0.25, -0.2) is 13.6 Å². The number of amides is 1. The van der Waals surface area contributed by atoms with E-state index in [0.29, 0.717) is 4.90 Å². The predicted molar refractivity (Wildman–Crippen MR) is 87.8 cm³/mol. The Hall–Kier alpha value is -2.36. The predicted octanol–water partition coefficient (Wildman–Crippen LogP) is 1.11. The van der Waals surface area contributed by atoms with Gasteiger partial charge < -0.3 is 5.73 Å². The molecule has 2 rings (SSSR count). The number of benzene rings is 2. The zero-order valence-corrected chi connectivity index (χ0v) is 13.4. The molecule has 0 aliphatic carbocycles. The summed E-state index contributed by atoms with van der Waals surface area (Å²) in [6, 6.07) is 13.3. The largest absolute Gasteiger partial charge is 0.370 e. The van der Waals surface area contributed by atoms with Gasteiger partial charge in [0, 0.05) is 15.4 Å². The normalized spacial score (nSPS) is 11.0. The smallest absolute Gasteiger partial charge is 0.257 e. The lowest BCUT2D eigenvalue weighted by molar-refractivity contribution is 0.0976. The number of carbonyl (C=O) groups excluding carboxylic acids is 1. The van der Waals surface area contributed by atoms with Crippen LogP contribution in [0.2, 0.25) is 0 Å². The van der Waals surface area contributed by atoms with Crippen LogP contribution in [0.15, 0.2) is 63.2 Å². The molecule has 6 N–H and O–H groups in total. The first-order chi connectivity index (χ1) is 10.8. The van der Waals surface area contributed by atoms with Gasteiger partial charge in [-0.05, 0) is 30.3 Å². The van der Waals surface area contributed by atoms with Crippen LogP contribution in [0.1, 0.15) is 10.4 Å². The van der Waals surface area contributed by atoms with E-state index in [-0.39, 0.29) is 10.5 Å². The van der Waals surface area contributed by atoms with E-state index in [1.54, 1.807) is 0 Å². The summed E-state index contributed by atoms with van der Waals surface area (Å²) in [5.41, 5.74) is 5.13. The van der Waals surface area contributed by atoms with Crippen molar-refractivity contribution in [1.82, 2.24) is 5.32 Å². The van der Waals surface area contributed by atoms with Gasteiger partial charge in [-0.3, -0.25) is 15.5 Å². The first-order valence-corrected chi connectivity index (χ1v) is 8.69. The molecule has 0 aliphatic heterocycles. The molecule has 2 aromatic rings. The number of primary sulfonamides is 1. The third-order valence-electron chi connectivity index (χ3n) is 2.73. The highest BCUT2D eigenvalue weighted by Crippen LogP contribution is 2.32. The minimum atomic E-state index is -4.02. The Kier molecular flexibility index (Phi) is 5.04. The second kappa shape index (κ2) is 6.82.